The van der Waals surface area contributed by atoms with E-state index in [1.807, 2.05) is 25.1 Å². The molecule has 1 heterocycles. The molecule has 0 spiro atoms. The van der Waals surface area contributed by atoms with E-state index in [1.165, 1.54) is 0 Å². The van der Waals surface area contributed by atoms with Crippen molar-refractivity contribution in [2.75, 3.05) is 20.0 Å². The van der Waals surface area contributed by atoms with Crippen LogP contribution < -0.4 is 15.2 Å². The Labute approximate surface area is 105 Å². The Morgan fingerprint density at radius 1 is 1.22 bits per heavy atom. The van der Waals surface area contributed by atoms with Crippen LogP contribution in [0.25, 0.3) is 11.1 Å². The van der Waals surface area contributed by atoms with Gasteiger partial charge in [0.2, 0.25) is 0 Å². The molecule has 18 heavy (non-hydrogen) atoms. The highest BCUT2D eigenvalue weighted by Gasteiger charge is 2.16. The third kappa shape index (κ3) is 1.99. The Morgan fingerprint density at radius 3 is 2.56 bits per heavy atom. The molecule has 1 aromatic carbocycles. The van der Waals surface area contributed by atoms with Crippen LogP contribution in [-0.4, -0.2) is 19.4 Å². The molecule has 2 N–H and O–H groups in total. The molecule has 0 aliphatic heterocycles. The van der Waals surface area contributed by atoms with E-state index in [0.29, 0.717) is 17.3 Å². The molecule has 2 rings (SSSR count). The minimum Gasteiger partial charge on any atom is -0.493 e. The number of ether oxygens (including phenoxy) is 2. The maximum atomic E-state index is 5.83. The Hall–Kier alpha value is -2.17. The Kier molecular flexibility index (Phi) is 3.41. The zero-order chi connectivity index (χ0) is 13.1. The van der Waals surface area contributed by atoms with Gasteiger partial charge in [0, 0.05) is 6.42 Å². The average molecular weight is 248 g/mol. The molecular weight excluding hydrogens is 232 g/mol. The fourth-order valence-electron chi connectivity index (χ4n) is 1.88. The molecule has 0 saturated carbocycles. The highest BCUT2D eigenvalue weighted by atomic mass is 16.5. The lowest BCUT2D eigenvalue weighted by Crippen LogP contribution is -1.93. The number of aryl methyl sites for hydroxylation is 1. The van der Waals surface area contributed by atoms with Gasteiger partial charge in [0.15, 0.2) is 17.3 Å². The van der Waals surface area contributed by atoms with Crippen molar-refractivity contribution in [3.8, 4) is 22.6 Å². The summed E-state index contributed by atoms with van der Waals surface area (Å²) in [5.41, 5.74) is 7.56. The quantitative estimate of drug-likeness (QED) is 0.900. The molecule has 0 aliphatic rings. The van der Waals surface area contributed by atoms with Gasteiger partial charge < -0.3 is 19.7 Å². The second kappa shape index (κ2) is 5.00. The van der Waals surface area contributed by atoms with Crippen molar-refractivity contribution in [2.24, 2.45) is 0 Å². The third-order valence-corrected chi connectivity index (χ3v) is 2.78. The highest BCUT2D eigenvalue weighted by molar-refractivity contribution is 5.77. The van der Waals surface area contributed by atoms with Crippen molar-refractivity contribution in [2.45, 2.75) is 13.3 Å². The number of anilines is 1. The lowest BCUT2D eigenvalue weighted by Gasteiger charge is -2.09. The molecular formula is C13H16N2O3. The van der Waals surface area contributed by atoms with E-state index in [4.69, 9.17) is 19.7 Å². The first-order chi connectivity index (χ1) is 8.71. The van der Waals surface area contributed by atoms with Crippen molar-refractivity contribution in [3.63, 3.8) is 0 Å². The van der Waals surface area contributed by atoms with Crippen LogP contribution >= 0.6 is 0 Å². The van der Waals surface area contributed by atoms with Crippen molar-refractivity contribution in [3.05, 3.63) is 24.0 Å². The molecule has 5 nitrogen and oxygen atoms in total. The fraction of sp³-hybridized carbons (Fsp3) is 0.308. The second-order valence-electron chi connectivity index (χ2n) is 3.79. The van der Waals surface area contributed by atoms with Crippen molar-refractivity contribution in [1.29, 1.82) is 0 Å². The van der Waals surface area contributed by atoms with Gasteiger partial charge >= 0.3 is 0 Å². The van der Waals surface area contributed by atoms with Gasteiger partial charge in [0.25, 0.3) is 0 Å². The van der Waals surface area contributed by atoms with Crippen LogP contribution in [0.1, 0.15) is 12.7 Å². The summed E-state index contributed by atoms with van der Waals surface area (Å²) in [7, 11) is 3.20. The standard InChI is InChI=1S/C13H16N2O3/c1-4-9-12(13(14)15-18-9)8-5-6-10(16-2)11(7-8)17-3/h5-7H,4H2,1-3H3,(H2,14,15). The van der Waals surface area contributed by atoms with Gasteiger partial charge in [-0.15, -0.1) is 0 Å². The summed E-state index contributed by atoms with van der Waals surface area (Å²) in [4.78, 5) is 0. The summed E-state index contributed by atoms with van der Waals surface area (Å²) < 4.78 is 15.7. The lowest BCUT2D eigenvalue weighted by atomic mass is 10.0. The summed E-state index contributed by atoms with van der Waals surface area (Å²) in [6, 6.07) is 5.60. The van der Waals surface area contributed by atoms with Gasteiger partial charge in [0.05, 0.1) is 19.8 Å². The number of aromatic nitrogens is 1. The van der Waals surface area contributed by atoms with Gasteiger partial charge in [0.1, 0.15) is 5.76 Å². The summed E-state index contributed by atoms with van der Waals surface area (Å²) >= 11 is 0. The minimum atomic E-state index is 0.388. The molecule has 0 amide bonds. The summed E-state index contributed by atoms with van der Waals surface area (Å²) in [5.74, 6) is 2.48. The number of methoxy groups -OCH3 is 2. The third-order valence-electron chi connectivity index (χ3n) is 2.78. The molecule has 0 saturated heterocycles. The van der Waals surface area contributed by atoms with E-state index < -0.39 is 0 Å². The molecule has 2 aromatic rings. The van der Waals surface area contributed by atoms with E-state index in [2.05, 4.69) is 5.16 Å². The second-order valence-corrected chi connectivity index (χ2v) is 3.79. The minimum absolute atomic E-state index is 0.388. The monoisotopic (exact) mass is 248 g/mol. The normalized spacial score (nSPS) is 10.4. The molecule has 1 aromatic heterocycles. The molecule has 0 bridgehead atoms. The zero-order valence-corrected chi connectivity index (χ0v) is 10.7. The summed E-state index contributed by atoms with van der Waals surface area (Å²) in [5, 5.41) is 3.79. The first-order valence-corrected chi connectivity index (χ1v) is 5.67. The van der Waals surface area contributed by atoms with Crippen molar-refractivity contribution in [1.82, 2.24) is 5.16 Å². The molecule has 0 radical (unpaired) electrons. The first-order valence-electron chi connectivity index (χ1n) is 5.67. The van der Waals surface area contributed by atoms with Gasteiger partial charge in [-0.3, -0.25) is 0 Å². The Bertz CT molecular complexity index is 549. The van der Waals surface area contributed by atoms with Crippen LogP contribution in [0.5, 0.6) is 11.5 Å². The largest absolute Gasteiger partial charge is 0.493 e. The lowest BCUT2D eigenvalue weighted by molar-refractivity contribution is 0.355. The summed E-state index contributed by atoms with van der Waals surface area (Å²) in [6.45, 7) is 1.99. The number of nitrogens with zero attached hydrogens (tertiary/aromatic N) is 1. The highest BCUT2D eigenvalue weighted by Crippen LogP contribution is 2.36. The van der Waals surface area contributed by atoms with Gasteiger partial charge in [-0.2, -0.15) is 0 Å². The van der Waals surface area contributed by atoms with E-state index in [0.717, 1.165) is 23.3 Å². The van der Waals surface area contributed by atoms with Gasteiger partial charge in [-0.05, 0) is 17.7 Å². The molecule has 0 fully saturated rings. The van der Waals surface area contributed by atoms with Crippen molar-refractivity contribution < 1.29 is 14.0 Å². The van der Waals surface area contributed by atoms with E-state index in [-0.39, 0.29) is 0 Å². The van der Waals surface area contributed by atoms with E-state index in [1.54, 1.807) is 14.2 Å². The maximum absolute atomic E-state index is 5.83. The molecule has 0 unspecified atom stereocenters. The van der Waals surface area contributed by atoms with Gasteiger partial charge in [-0.1, -0.05) is 18.1 Å². The van der Waals surface area contributed by atoms with Crippen LogP contribution in [0.4, 0.5) is 5.82 Å². The van der Waals surface area contributed by atoms with E-state index in [9.17, 15) is 0 Å². The topological polar surface area (TPSA) is 70.5 Å². The van der Waals surface area contributed by atoms with Crippen LogP contribution in [0.3, 0.4) is 0 Å². The van der Waals surface area contributed by atoms with Crippen LogP contribution in [-0.2, 0) is 6.42 Å². The number of benzene rings is 1. The molecule has 0 atom stereocenters. The number of hydrogen-bond acceptors (Lipinski definition) is 5. The fourth-order valence-corrected chi connectivity index (χ4v) is 1.88. The SMILES string of the molecule is CCc1onc(N)c1-c1ccc(OC)c(OC)c1. The molecule has 0 aliphatic carbocycles. The number of nitrogens with two attached hydrogens (primary N) is 1. The first kappa shape index (κ1) is 12.3. The molecule has 96 valence electrons. The summed E-state index contributed by atoms with van der Waals surface area (Å²) in [6.07, 6.45) is 0.730. The van der Waals surface area contributed by atoms with Crippen molar-refractivity contribution >= 4 is 5.82 Å². The predicted octanol–water partition coefficient (Wildman–Crippen LogP) is 2.50. The Morgan fingerprint density at radius 2 is 1.94 bits per heavy atom. The maximum Gasteiger partial charge on any atom is 0.175 e. The molecule has 5 heteroatoms. The van der Waals surface area contributed by atoms with Crippen LogP contribution in [0.15, 0.2) is 22.7 Å². The van der Waals surface area contributed by atoms with E-state index >= 15 is 0 Å². The van der Waals surface area contributed by atoms with Gasteiger partial charge in [-0.25, -0.2) is 0 Å². The predicted molar refractivity (Wildman–Crippen MR) is 68.8 cm³/mol. The number of nitrogen functional groups attached to an aromatic ring is 1. The van der Waals surface area contributed by atoms with Crippen LogP contribution in [0, 0.1) is 0 Å². The number of rotatable bonds is 4. The zero-order valence-electron chi connectivity index (χ0n) is 10.7. The number of hydrogen-bond donors (Lipinski definition) is 1. The van der Waals surface area contributed by atoms with Crippen LogP contribution in [0.2, 0.25) is 0 Å². The Balaban J connectivity index is 2.54. The smallest absolute Gasteiger partial charge is 0.175 e. The average Bonchev–Trinajstić information content (AvgIpc) is 2.79.